The van der Waals surface area contributed by atoms with Crippen molar-refractivity contribution in [2.75, 3.05) is 18.0 Å². The molecule has 0 aliphatic carbocycles. The van der Waals surface area contributed by atoms with Gasteiger partial charge in [-0.3, -0.25) is 19.3 Å². The molecule has 1 aliphatic rings. The normalized spacial score (nSPS) is 15.4. The Labute approximate surface area is 154 Å². The van der Waals surface area contributed by atoms with E-state index in [1.807, 2.05) is 18.3 Å². The van der Waals surface area contributed by atoms with Gasteiger partial charge in [-0.2, -0.15) is 0 Å². The maximum Gasteiger partial charge on any atom is 0.275 e. The number of pyridine rings is 1. The fourth-order valence-electron chi connectivity index (χ4n) is 3.95. The number of hydrogen-bond donors (Lipinski definition) is 1. The smallest absolute Gasteiger partial charge is 0.275 e. The van der Waals surface area contributed by atoms with Gasteiger partial charge >= 0.3 is 0 Å². The number of rotatable bonds is 3. The maximum atomic E-state index is 13.9. The number of piperidine rings is 1. The first-order valence-electron chi connectivity index (χ1n) is 8.83. The van der Waals surface area contributed by atoms with Crippen LogP contribution in [0, 0.1) is 5.82 Å². The number of carbonyl (C=O) groups is 1. The predicted octanol–water partition coefficient (Wildman–Crippen LogP) is 1.81. The fraction of sp³-hybridized carbons (Fsp3) is 0.316. The molecule has 4 rings (SSSR count). The van der Waals surface area contributed by atoms with Crippen LogP contribution in [0.2, 0.25) is 0 Å². The summed E-state index contributed by atoms with van der Waals surface area (Å²) in [5, 5.41) is 0.182. The molecule has 0 spiro atoms. The summed E-state index contributed by atoms with van der Waals surface area (Å²) in [6.07, 6.45) is 5.08. The maximum absolute atomic E-state index is 13.9. The van der Waals surface area contributed by atoms with E-state index in [-0.39, 0.29) is 22.6 Å². The van der Waals surface area contributed by atoms with Crippen molar-refractivity contribution in [3.05, 3.63) is 58.4 Å². The molecule has 140 valence electrons. The molecule has 0 radical (unpaired) electrons. The van der Waals surface area contributed by atoms with Gasteiger partial charge in [-0.1, -0.05) is 0 Å². The SMILES string of the molecule is Cn1c2cc(F)cc(C(N)=O)c2c(=O)n1C1CCN(c2cccnc2)CC1. The van der Waals surface area contributed by atoms with Crippen LogP contribution in [0.25, 0.3) is 10.9 Å². The van der Waals surface area contributed by atoms with Crippen molar-refractivity contribution in [3.63, 3.8) is 0 Å². The van der Waals surface area contributed by atoms with Gasteiger partial charge in [0.05, 0.1) is 34.4 Å². The molecule has 0 bridgehead atoms. The van der Waals surface area contributed by atoms with Gasteiger partial charge in [-0.05, 0) is 37.1 Å². The van der Waals surface area contributed by atoms with Crippen LogP contribution in [0.5, 0.6) is 0 Å². The Morgan fingerprint density at radius 3 is 2.67 bits per heavy atom. The highest BCUT2D eigenvalue weighted by Crippen LogP contribution is 2.27. The minimum Gasteiger partial charge on any atom is -0.370 e. The van der Waals surface area contributed by atoms with E-state index in [4.69, 9.17) is 5.73 Å². The fourth-order valence-corrected chi connectivity index (χ4v) is 3.95. The Morgan fingerprint density at radius 2 is 2.04 bits per heavy atom. The molecule has 1 amide bonds. The summed E-state index contributed by atoms with van der Waals surface area (Å²) in [5.41, 5.74) is 6.42. The molecule has 27 heavy (non-hydrogen) atoms. The third-order valence-corrected chi connectivity index (χ3v) is 5.26. The zero-order chi connectivity index (χ0) is 19.1. The summed E-state index contributed by atoms with van der Waals surface area (Å²) < 4.78 is 17.2. The van der Waals surface area contributed by atoms with E-state index < -0.39 is 11.7 Å². The second-order valence-electron chi connectivity index (χ2n) is 6.81. The first kappa shape index (κ1) is 17.3. The highest BCUT2D eigenvalue weighted by atomic mass is 19.1. The third-order valence-electron chi connectivity index (χ3n) is 5.26. The number of carbonyl (C=O) groups excluding carboxylic acids is 1. The lowest BCUT2D eigenvalue weighted by atomic mass is 10.0. The molecule has 1 aliphatic heterocycles. The molecule has 1 saturated heterocycles. The highest BCUT2D eigenvalue weighted by molar-refractivity contribution is 6.05. The van der Waals surface area contributed by atoms with Gasteiger partial charge in [0.1, 0.15) is 5.82 Å². The van der Waals surface area contributed by atoms with Crippen molar-refractivity contribution < 1.29 is 9.18 Å². The predicted molar refractivity (Wildman–Crippen MR) is 100 cm³/mol. The van der Waals surface area contributed by atoms with Crippen molar-refractivity contribution in [3.8, 4) is 0 Å². The summed E-state index contributed by atoms with van der Waals surface area (Å²) in [6, 6.07) is 6.17. The molecule has 3 heterocycles. The quantitative estimate of drug-likeness (QED) is 0.763. The van der Waals surface area contributed by atoms with E-state index in [2.05, 4.69) is 9.88 Å². The zero-order valence-corrected chi connectivity index (χ0v) is 14.9. The molecule has 1 fully saturated rings. The van der Waals surface area contributed by atoms with E-state index in [9.17, 15) is 14.0 Å². The molecule has 1 aromatic carbocycles. The second kappa shape index (κ2) is 6.53. The summed E-state index contributed by atoms with van der Waals surface area (Å²) in [5.74, 6) is -1.39. The van der Waals surface area contributed by atoms with Gasteiger partial charge < -0.3 is 10.6 Å². The number of halogens is 1. The first-order valence-corrected chi connectivity index (χ1v) is 8.83. The van der Waals surface area contributed by atoms with Crippen LogP contribution < -0.4 is 16.2 Å². The Morgan fingerprint density at radius 1 is 1.30 bits per heavy atom. The van der Waals surface area contributed by atoms with E-state index in [0.717, 1.165) is 37.7 Å². The largest absolute Gasteiger partial charge is 0.370 e. The van der Waals surface area contributed by atoms with Crippen LogP contribution in [-0.4, -0.2) is 33.3 Å². The van der Waals surface area contributed by atoms with Crippen molar-refractivity contribution in [2.24, 2.45) is 12.8 Å². The van der Waals surface area contributed by atoms with Crippen LogP contribution in [0.3, 0.4) is 0 Å². The van der Waals surface area contributed by atoms with Gasteiger partial charge in [-0.15, -0.1) is 0 Å². The number of amides is 1. The van der Waals surface area contributed by atoms with Gasteiger partial charge in [0.15, 0.2) is 0 Å². The van der Waals surface area contributed by atoms with Crippen molar-refractivity contribution in [2.45, 2.75) is 18.9 Å². The summed E-state index contributed by atoms with van der Waals surface area (Å²) in [4.78, 5) is 31.1. The van der Waals surface area contributed by atoms with E-state index >= 15 is 0 Å². The summed E-state index contributed by atoms with van der Waals surface area (Å²) >= 11 is 0. The second-order valence-corrected chi connectivity index (χ2v) is 6.81. The number of benzene rings is 1. The molecule has 8 heteroatoms. The van der Waals surface area contributed by atoms with Gasteiger partial charge in [0.25, 0.3) is 5.56 Å². The zero-order valence-electron chi connectivity index (χ0n) is 14.9. The number of aromatic nitrogens is 3. The third kappa shape index (κ3) is 2.87. The average molecular weight is 369 g/mol. The molecule has 7 nitrogen and oxygen atoms in total. The Bertz CT molecular complexity index is 1070. The molecule has 3 aromatic rings. The Hall–Kier alpha value is -3.16. The van der Waals surface area contributed by atoms with E-state index in [1.165, 1.54) is 6.07 Å². The monoisotopic (exact) mass is 369 g/mol. The number of nitrogens with zero attached hydrogens (tertiary/aromatic N) is 4. The van der Waals surface area contributed by atoms with Gasteiger partial charge in [0, 0.05) is 26.3 Å². The van der Waals surface area contributed by atoms with E-state index in [0.29, 0.717) is 5.52 Å². The van der Waals surface area contributed by atoms with Crippen LogP contribution in [0.15, 0.2) is 41.5 Å². The minimum atomic E-state index is -0.805. The Kier molecular flexibility index (Phi) is 4.18. The number of nitrogens with two attached hydrogens (primary N) is 1. The van der Waals surface area contributed by atoms with Crippen LogP contribution >= 0.6 is 0 Å². The van der Waals surface area contributed by atoms with Gasteiger partial charge in [-0.25, -0.2) is 9.07 Å². The number of anilines is 1. The van der Waals surface area contributed by atoms with Crippen LogP contribution in [0.1, 0.15) is 29.2 Å². The summed E-state index contributed by atoms with van der Waals surface area (Å²) in [7, 11) is 1.71. The number of hydrogen-bond acceptors (Lipinski definition) is 4. The summed E-state index contributed by atoms with van der Waals surface area (Å²) in [6.45, 7) is 1.56. The Balaban J connectivity index is 1.70. The van der Waals surface area contributed by atoms with Crippen LogP contribution in [0.4, 0.5) is 10.1 Å². The molecule has 0 saturated carbocycles. The van der Waals surface area contributed by atoms with Crippen molar-refractivity contribution in [1.82, 2.24) is 14.3 Å². The van der Waals surface area contributed by atoms with Crippen LogP contribution in [-0.2, 0) is 7.05 Å². The molecule has 2 N–H and O–H groups in total. The van der Waals surface area contributed by atoms with E-state index in [1.54, 1.807) is 22.6 Å². The minimum absolute atomic E-state index is 0.0355. The molecule has 0 atom stereocenters. The first-order chi connectivity index (χ1) is 13.0. The van der Waals surface area contributed by atoms with Crippen molar-refractivity contribution >= 4 is 22.5 Å². The number of aryl methyl sites for hydroxylation is 1. The number of primary amides is 1. The van der Waals surface area contributed by atoms with Crippen molar-refractivity contribution in [1.29, 1.82) is 0 Å². The lowest BCUT2D eigenvalue weighted by Gasteiger charge is -2.34. The lowest BCUT2D eigenvalue weighted by Crippen LogP contribution is -2.38. The molecular weight excluding hydrogens is 349 g/mol. The molecular formula is C19H20FN5O2. The molecule has 0 unspecified atom stereocenters. The topological polar surface area (TPSA) is 86.2 Å². The lowest BCUT2D eigenvalue weighted by molar-refractivity contribution is 0.100. The number of fused-ring (bicyclic) bond motifs is 1. The average Bonchev–Trinajstić information content (AvgIpc) is 2.92. The van der Waals surface area contributed by atoms with Gasteiger partial charge in [0.2, 0.25) is 5.91 Å². The highest BCUT2D eigenvalue weighted by Gasteiger charge is 2.27. The standard InChI is InChI=1S/C19H20FN5O2/c1-23-16-10-12(20)9-15(18(21)26)17(16)19(27)25(23)13-4-7-24(8-5-13)14-3-2-6-22-11-14/h2-3,6,9-11,13H,4-5,7-8H2,1H3,(H2,21,26). The molecule has 2 aromatic heterocycles.